The number of hydrogen-bond donors (Lipinski definition) is 4. The number of anilines is 4. The first kappa shape index (κ1) is 12.4. The molecule has 3 aromatic rings. The van der Waals surface area contributed by atoms with Crippen LogP contribution in [0.5, 0.6) is 0 Å². The summed E-state index contributed by atoms with van der Waals surface area (Å²) in [7, 11) is 3.75. The van der Waals surface area contributed by atoms with Gasteiger partial charge in [0, 0.05) is 14.1 Å². The lowest BCUT2D eigenvalue weighted by atomic mass is 10.0. The average molecular weight is 266 g/mol. The lowest BCUT2D eigenvalue weighted by Crippen LogP contribution is -1.96. The van der Waals surface area contributed by atoms with E-state index < -0.39 is 0 Å². The van der Waals surface area contributed by atoms with Gasteiger partial charge >= 0.3 is 0 Å². The van der Waals surface area contributed by atoms with Crippen molar-refractivity contribution >= 4 is 44.3 Å². The zero-order chi connectivity index (χ0) is 14.3. The molecular formula is C16H18N4. The molecule has 3 aromatic carbocycles. The van der Waals surface area contributed by atoms with Gasteiger partial charge in [-0.2, -0.15) is 0 Å². The molecule has 0 heterocycles. The molecule has 0 amide bonds. The second kappa shape index (κ2) is 4.49. The summed E-state index contributed by atoms with van der Waals surface area (Å²) in [6.07, 6.45) is 0. The highest BCUT2D eigenvalue weighted by molar-refractivity contribution is 6.03. The third kappa shape index (κ3) is 1.86. The van der Waals surface area contributed by atoms with Crippen molar-refractivity contribution < 1.29 is 0 Å². The van der Waals surface area contributed by atoms with Crippen molar-refractivity contribution in [2.24, 2.45) is 0 Å². The summed E-state index contributed by atoms with van der Waals surface area (Å²) in [6.45, 7) is 0. The van der Waals surface area contributed by atoms with Crippen LogP contribution in [0.15, 0.2) is 36.4 Å². The van der Waals surface area contributed by atoms with Gasteiger partial charge in [0.25, 0.3) is 0 Å². The van der Waals surface area contributed by atoms with Crippen LogP contribution < -0.4 is 22.1 Å². The van der Waals surface area contributed by atoms with Gasteiger partial charge in [0.15, 0.2) is 0 Å². The van der Waals surface area contributed by atoms with Gasteiger partial charge in [0.05, 0.1) is 22.7 Å². The molecule has 4 nitrogen and oxygen atoms in total. The predicted molar refractivity (Wildman–Crippen MR) is 89.4 cm³/mol. The Kier molecular flexibility index (Phi) is 2.79. The van der Waals surface area contributed by atoms with E-state index in [0.29, 0.717) is 0 Å². The van der Waals surface area contributed by atoms with Crippen molar-refractivity contribution in [1.29, 1.82) is 0 Å². The molecule has 0 aliphatic rings. The van der Waals surface area contributed by atoms with Gasteiger partial charge in [-0.05, 0) is 57.9 Å². The molecule has 0 saturated carbocycles. The van der Waals surface area contributed by atoms with E-state index in [4.69, 9.17) is 11.5 Å². The molecule has 0 atom stereocenters. The monoisotopic (exact) mass is 266 g/mol. The van der Waals surface area contributed by atoms with Crippen LogP contribution in [0.4, 0.5) is 22.7 Å². The maximum absolute atomic E-state index is 6.02. The molecular weight excluding hydrogens is 248 g/mol. The van der Waals surface area contributed by atoms with E-state index in [1.807, 2.05) is 26.2 Å². The second-order valence-corrected chi connectivity index (χ2v) is 4.93. The van der Waals surface area contributed by atoms with Gasteiger partial charge in [0.2, 0.25) is 0 Å². The topological polar surface area (TPSA) is 76.1 Å². The quantitative estimate of drug-likeness (QED) is 0.424. The van der Waals surface area contributed by atoms with Gasteiger partial charge in [-0.15, -0.1) is 0 Å². The number of rotatable bonds is 2. The summed E-state index contributed by atoms with van der Waals surface area (Å²) in [6, 6.07) is 12.4. The summed E-state index contributed by atoms with van der Waals surface area (Å²) < 4.78 is 0. The fraction of sp³-hybridized carbons (Fsp3) is 0.125. The third-order valence-corrected chi connectivity index (χ3v) is 3.67. The van der Waals surface area contributed by atoms with Crippen molar-refractivity contribution in [1.82, 2.24) is 0 Å². The van der Waals surface area contributed by atoms with E-state index in [-0.39, 0.29) is 0 Å². The Hall–Kier alpha value is -2.62. The molecule has 20 heavy (non-hydrogen) atoms. The van der Waals surface area contributed by atoms with Crippen molar-refractivity contribution in [2.75, 3.05) is 36.2 Å². The number of fused-ring (bicyclic) bond motifs is 2. The Labute approximate surface area is 117 Å². The molecule has 0 aromatic heterocycles. The van der Waals surface area contributed by atoms with Crippen molar-refractivity contribution in [3.63, 3.8) is 0 Å². The van der Waals surface area contributed by atoms with Crippen LogP contribution in [0.3, 0.4) is 0 Å². The van der Waals surface area contributed by atoms with E-state index in [1.165, 1.54) is 0 Å². The predicted octanol–water partition coefficient (Wildman–Crippen LogP) is 3.24. The van der Waals surface area contributed by atoms with Crippen LogP contribution in [-0.4, -0.2) is 14.1 Å². The molecule has 0 unspecified atom stereocenters. The fourth-order valence-electron chi connectivity index (χ4n) is 2.57. The molecule has 0 radical (unpaired) electrons. The van der Waals surface area contributed by atoms with E-state index >= 15 is 0 Å². The Morgan fingerprint density at radius 2 is 0.950 bits per heavy atom. The summed E-state index contributed by atoms with van der Waals surface area (Å²) in [5.74, 6) is 0. The molecule has 0 aliphatic heterocycles. The normalized spacial score (nSPS) is 10.9. The van der Waals surface area contributed by atoms with Gasteiger partial charge in [0.1, 0.15) is 0 Å². The molecule has 6 N–H and O–H groups in total. The molecule has 0 fully saturated rings. The third-order valence-electron chi connectivity index (χ3n) is 3.67. The van der Waals surface area contributed by atoms with Crippen LogP contribution in [0.1, 0.15) is 0 Å². The maximum Gasteiger partial charge on any atom is 0.0577 e. The van der Waals surface area contributed by atoms with Gasteiger partial charge < -0.3 is 22.1 Å². The number of benzene rings is 3. The Morgan fingerprint density at radius 3 is 1.30 bits per heavy atom. The van der Waals surface area contributed by atoms with Gasteiger partial charge in [-0.25, -0.2) is 0 Å². The SMILES string of the molecule is CNc1cc2cc3cc(NC)c(N)cc3cc2cc1N. The minimum atomic E-state index is 0.749. The summed E-state index contributed by atoms with van der Waals surface area (Å²) in [5.41, 5.74) is 15.4. The maximum atomic E-state index is 6.02. The largest absolute Gasteiger partial charge is 0.397 e. The van der Waals surface area contributed by atoms with Crippen LogP contribution in [0.2, 0.25) is 0 Å². The number of hydrogen-bond acceptors (Lipinski definition) is 4. The van der Waals surface area contributed by atoms with Crippen molar-refractivity contribution in [3.05, 3.63) is 36.4 Å². The lowest BCUT2D eigenvalue weighted by molar-refractivity contribution is 1.52. The van der Waals surface area contributed by atoms with Crippen molar-refractivity contribution in [2.45, 2.75) is 0 Å². The summed E-state index contributed by atoms with van der Waals surface area (Å²) in [5, 5.41) is 10.8. The van der Waals surface area contributed by atoms with Crippen LogP contribution in [-0.2, 0) is 0 Å². The highest BCUT2D eigenvalue weighted by Crippen LogP contribution is 2.32. The van der Waals surface area contributed by atoms with Gasteiger partial charge in [-0.1, -0.05) is 0 Å². The number of nitrogen functional groups attached to an aromatic ring is 2. The van der Waals surface area contributed by atoms with Gasteiger partial charge in [-0.3, -0.25) is 0 Å². The second-order valence-electron chi connectivity index (χ2n) is 4.93. The molecule has 0 aliphatic carbocycles. The molecule has 3 rings (SSSR count). The smallest absolute Gasteiger partial charge is 0.0577 e. The van der Waals surface area contributed by atoms with E-state index in [9.17, 15) is 0 Å². The highest BCUT2D eigenvalue weighted by Gasteiger charge is 2.05. The Morgan fingerprint density at radius 1 is 0.600 bits per heavy atom. The molecule has 0 saturated heterocycles. The zero-order valence-electron chi connectivity index (χ0n) is 11.6. The minimum absolute atomic E-state index is 0.749. The van der Waals surface area contributed by atoms with E-state index in [2.05, 4.69) is 34.9 Å². The molecule has 0 bridgehead atoms. The molecule has 4 heteroatoms. The summed E-state index contributed by atoms with van der Waals surface area (Å²) in [4.78, 5) is 0. The number of nitrogens with two attached hydrogens (primary N) is 2. The van der Waals surface area contributed by atoms with E-state index in [1.54, 1.807) is 0 Å². The average Bonchev–Trinajstić information content (AvgIpc) is 2.44. The number of nitrogens with one attached hydrogen (secondary N) is 2. The van der Waals surface area contributed by atoms with Crippen LogP contribution in [0.25, 0.3) is 21.5 Å². The highest BCUT2D eigenvalue weighted by atomic mass is 14.9. The van der Waals surface area contributed by atoms with E-state index in [0.717, 1.165) is 44.3 Å². The standard InChI is InChI=1S/C16H18N4/c1-19-15-7-11-4-12-8-16(20-2)14(18)6-10(12)3-9(11)5-13(15)17/h3-8,19-20H,17-18H2,1-2H3. The van der Waals surface area contributed by atoms with Crippen LogP contribution in [0, 0.1) is 0 Å². The first-order valence-corrected chi connectivity index (χ1v) is 6.54. The lowest BCUT2D eigenvalue weighted by Gasteiger charge is -2.11. The first-order valence-electron chi connectivity index (χ1n) is 6.54. The minimum Gasteiger partial charge on any atom is -0.397 e. The Bertz CT molecular complexity index is 744. The molecule has 102 valence electrons. The first-order chi connectivity index (χ1) is 9.62. The zero-order valence-corrected chi connectivity index (χ0v) is 11.6. The summed E-state index contributed by atoms with van der Waals surface area (Å²) >= 11 is 0. The fourth-order valence-corrected chi connectivity index (χ4v) is 2.57. The van der Waals surface area contributed by atoms with Crippen molar-refractivity contribution in [3.8, 4) is 0 Å². The van der Waals surface area contributed by atoms with Crippen LogP contribution >= 0.6 is 0 Å². The Balaban J connectivity index is 2.34. The molecule has 0 spiro atoms.